The van der Waals surface area contributed by atoms with Crippen LogP contribution in [-0.4, -0.2) is 83.8 Å². The number of carbonyl (C=O) groups is 2. The van der Waals surface area contributed by atoms with E-state index in [4.69, 9.17) is 32.7 Å². The lowest BCUT2D eigenvalue weighted by molar-refractivity contribution is 0.0686. The molecule has 1 aliphatic heterocycles. The van der Waals surface area contributed by atoms with Crippen molar-refractivity contribution in [3.05, 3.63) is 131 Å². The van der Waals surface area contributed by atoms with E-state index in [0.717, 1.165) is 12.4 Å². The normalized spacial score (nSPS) is 15.5. The second-order valence-corrected chi connectivity index (χ2v) is 17.1. The van der Waals surface area contributed by atoms with Gasteiger partial charge in [0.2, 0.25) is 0 Å². The number of anilines is 2. The van der Waals surface area contributed by atoms with E-state index < -0.39 is 38.1 Å². The Morgan fingerprint density at radius 3 is 1.67 bits per heavy atom. The van der Waals surface area contributed by atoms with E-state index in [0.29, 0.717) is 34.4 Å². The first-order valence-electron chi connectivity index (χ1n) is 17.1. The van der Waals surface area contributed by atoms with Crippen molar-refractivity contribution in [1.82, 2.24) is 24.9 Å². The quantitative estimate of drug-likeness (QED) is 0.0853. The summed E-state index contributed by atoms with van der Waals surface area (Å²) >= 11 is 11.9. The number of carboxylic acids is 2. The molecule has 17 nitrogen and oxygen atoms in total. The number of rotatable bonds is 15. The van der Waals surface area contributed by atoms with Crippen LogP contribution in [0.15, 0.2) is 120 Å². The Balaban J connectivity index is 0.952. The number of ether oxygens (including phenoxy) is 2. The van der Waals surface area contributed by atoms with Gasteiger partial charge in [0.15, 0.2) is 0 Å². The van der Waals surface area contributed by atoms with E-state index >= 15 is 0 Å². The van der Waals surface area contributed by atoms with Gasteiger partial charge < -0.3 is 25.0 Å². The third kappa shape index (κ3) is 9.19. The number of carboxylic acid groups (broad SMARTS) is 2. The molecule has 4 aromatic carbocycles. The van der Waals surface area contributed by atoms with Gasteiger partial charge in [-0.1, -0.05) is 23.2 Å². The number of hydrogen-bond acceptors (Lipinski definition) is 11. The fourth-order valence-corrected chi connectivity index (χ4v) is 8.17. The molecule has 5 N–H and O–H groups in total. The molecular weight excluding hydrogens is 837 g/mol. The summed E-state index contributed by atoms with van der Waals surface area (Å²) in [6.45, 7) is 0.446. The molecule has 0 bridgehead atoms. The zero-order valence-electron chi connectivity index (χ0n) is 29.7. The monoisotopic (exact) mass is 867 g/mol. The van der Waals surface area contributed by atoms with Crippen LogP contribution in [0.1, 0.15) is 27.1 Å². The van der Waals surface area contributed by atoms with Gasteiger partial charge in [0, 0.05) is 29.1 Å². The summed E-state index contributed by atoms with van der Waals surface area (Å²) in [6, 6.07) is 20.8. The molecule has 2 atom stereocenters. The second kappa shape index (κ2) is 16.4. The molecular formula is C37H31Cl2N7O10S2. The van der Waals surface area contributed by atoms with Crippen molar-refractivity contribution in [2.24, 2.45) is 0 Å². The summed E-state index contributed by atoms with van der Waals surface area (Å²) < 4.78 is 71.8. The van der Waals surface area contributed by atoms with Crippen molar-refractivity contribution in [1.29, 1.82) is 0 Å². The maximum absolute atomic E-state index is 13.2. The van der Waals surface area contributed by atoms with Crippen molar-refractivity contribution >= 4 is 66.6 Å². The summed E-state index contributed by atoms with van der Waals surface area (Å²) in [4.78, 5) is 23.9. The highest BCUT2D eigenvalue weighted by molar-refractivity contribution is 7.93. The van der Waals surface area contributed by atoms with Crippen molar-refractivity contribution in [2.75, 3.05) is 22.6 Å². The Bertz CT molecular complexity index is 2730. The highest BCUT2D eigenvalue weighted by Crippen LogP contribution is 2.29. The van der Waals surface area contributed by atoms with E-state index in [1.54, 1.807) is 48.5 Å². The smallest absolute Gasteiger partial charge is 0.337 e. The minimum absolute atomic E-state index is 0.0869. The van der Waals surface area contributed by atoms with Crippen molar-refractivity contribution < 1.29 is 46.1 Å². The minimum atomic E-state index is -4.23. The molecule has 3 heterocycles. The van der Waals surface area contributed by atoms with Gasteiger partial charge in [-0.3, -0.25) is 9.44 Å². The lowest BCUT2D eigenvalue weighted by Crippen LogP contribution is -2.28. The fraction of sp³-hybridized carbons (Fsp3) is 0.135. The molecule has 0 saturated carbocycles. The third-order valence-corrected chi connectivity index (χ3v) is 11.9. The van der Waals surface area contributed by atoms with Crippen LogP contribution in [0.3, 0.4) is 0 Å². The molecule has 0 spiro atoms. The summed E-state index contributed by atoms with van der Waals surface area (Å²) in [6.07, 6.45) is 4.82. The Kier molecular flexibility index (Phi) is 11.3. The minimum Gasteiger partial charge on any atom is -0.492 e. The number of aromatic carboxylic acids is 2. The maximum atomic E-state index is 13.2. The van der Waals surface area contributed by atoms with Crippen LogP contribution in [0.25, 0.3) is 11.4 Å². The predicted octanol–water partition coefficient (Wildman–Crippen LogP) is 5.55. The first kappa shape index (κ1) is 40.1. The molecule has 2 aromatic heterocycles. The maximum Gasteiger partial charge on any atom is 0.337 e. The number of sulfonamides is 2. The zero-order valence-corrected chi connectivity index (χ0v) is 32.8. The molecule has 1 fully saturated rings. The number of benzene rings is 4. The Morgan fingerprint density at radius 2 is 1.19 bits per heavy atom. The molecule has 0 aliphatic carbocycles. The number of hydrogen-bond donors (Lipinski definition) is 5. The van der Waals surface area contributed by atoms with Crippen LogP contribution in [-0.2, 0) is 20.0 Å². The fourth-order valence-electron chi connectivity index (χ4n) is 5.90. The summed E-state index contributed by atoms with van der Waals surface area (Å²) in [5, 5.41) is 32.2. The predicted molar refractivity (Wildman–Crippen MR) is 212 cm³/mol. The largest absolute Gasteiger partial charge is 0.492 e. The summed E-state index contributed by atoms with van der Waals surface area (Å²) in [7, 11) is -8.46. The highest BCUT2D eigenvalue weighted by Gasteiger charge is 2.28. The summed E-state index contributed by atoms with van der Waals surface area (Å²) in [5.41, 5.74) is 0.0761. The Hall–Kier alpha value is -6.12. The molecule has 0 radical (unpaired) electrons. The number of halogens is 2. The molecule has 300 valence electrons. The molecule has 2 unspecified atom stereocenters. The van der Waals surface area contributed by atoms with E-state index in [1.165, 1.54) is 58.2 Å². The first-order valence-corrected chi connectivity index (χ1v) is 20.8. The van der Waals surface area contributed by atoms with Gasteiger partial charge in [-0.25, -0.2) is 35.8 Å². The van der Waals surface area contributed by atoms with E-state index in [2.05, 4.69) is 25.0 Å². The average Bonchev–Trinajstić information content (AvgIpc) is 3.98. The average molecular weight is 869 g/mol. The van der Waals surface area contributed by atoms with E-state index in [1.807, 2.05) is 0 Å². The van der Waals surface area contributed by atoms with Gasteiger partial charge in [-0.15, -0.1) is 0 Å². The van der Waals surface area contributed by atoms with E-state index in [9.17, 15) is 36.6 Å². The number of nitrogens with zero attached hydrogens (tertiary/aromatic N) is 4. The van der Waals surface area contributed by atoms with Crippen LogP contribution >= 0.6 is 23.2 Å². The molecule has 58 heavy (non-hydrogen) atoms. The second-order valence-electron chi connectivity index (χ2n) is 12.8. The lowest BCUT2D eigenvalue weighted by Gasteiger charge is -2.16. The SMILES string of the molecule is O=C(O)c1cc(OCC2CC(Oc3ccc(NS(=O)(=O)c4cnn(-c5ccc(Cl)cc5)c4)c(C(=O)O)c3)CN2)ccc1NS(=O)(=O)c1cnn(-c2ccc(Cl)cc2)c1. The van der Waals surface area contributed by atoms with Crippen LogP contribution in [0.4, 0.5) is 11.4 Å². The first-order chi connectivity index (χ1) is 27.6. The standard InChI is InChI=1S/C37H31Cl2N7O10S2/c38-22-1-5-25(6-2-22)45-19-30(17-41-45)57(51,52)43-34-11-9-27(14-32(34)36(47)48)55-21-24-13-29(16-40-24)56-28-10-12-35(33(15-28)37(49)50)44-58(53,54)31-18-42-46(20-31)26-7-3-23(39)4-8-26/h1-12,14-15,17-20,24,29,40,43-44H,13,16,21H2,(H,47,48)(H,49,50). The zero-order chi connectivity index (χ0) is 41.2. The van der Waals surface area contributed by atoms with Gasteiger partial charge in [-0.05, 0) is 84.9 Å². The highest BCUT2D eigenvalue weighted by atomic mass is 35.5. The molecule has 1 saturated heterocycles. The number of aromatic nitrogens is 4. The van der Waals surface area contributed by atoms with E-state index in [-0.39, 0.29) is 56.4 Å². The van der Waals surface area contributed by atoms with Gasteiger partial charge >= 0.3 is 11.9 Å². The molecule has 7 rings (SSSR count). The molecule has 0 amide bonds. The molecule has 1 aliphatic rings. The van der Waals surface area contributed by atoms with Crippen molar-refractivity contribution in [2.45, 2.75) is 28.4 Å². The topological polar surface area (TPSA) is 233 Å². The third-order valence-electron chi connectivity index (χ3n) is 8.79. The molecule has 6 aromatic rings. The van der Waals surface area contributed by atoms with Crippen molar-refractivity contribution in [3.8, 4) is 22.9 Å². The van der Waals surface area contributed by atoms with Crippen LogP contribution in [0, 0.1) is 0 Å². The van der Waals surface area contributed by atoms with Gasteiger partial charge in [0.1, 0.15) is 34.0 Å². The van der Waals surface area contributed by atoms with Crippen molar-refractivity contribution in [3.63, 3.8) is 0 Å². The van der Waals surface area contributed by atoms with Gasteiger partial charge in [0.25, 0.3) is 20.0 Å². The summed E-state index contributed by atoms with van der Waals surface area (Å²) in [5.74, 6) is -2.42. The van der Waals surface area contributed by atoms with Crippen LogP contribution in [0.2, 0.25) is 10.0 Å². The van der Waals surface area contributed by atoms with Gasteiger partial charge in [-0.2, -0.15) is 10.2 Å². The lowest BCUT2D eigenvalue weighted by atomic mass is 10.1. The van der Waals surface area contributed by atoms with Crippen LogP contribution in [0.5, 0.6) is 11.5 Å². The van der Waals surface area contributed by atoms with Crippen LogP contribution < -0.4 is 24.2 Å². The number of nitrogens with one attached hydrogen (secondary N) is 3. The Labute approximate surface area is 340 Å². The Morgan fingerprint density at radius 1 is 0.724 bits per heavy atom. The molecule has 21 heteroatoms. The van der Waals surface area contributed by atoms with Gasteiger partial charge in [0.05, 0.1) is 58.7 Å².